The van der Waals surface area contributed by atoms with Crippen LogP contribution in [0.15, 0.2) is 30.3 Å². The molecule has 0 spiro atoms. The lowest BCUT2D eigenvalue weighted by Gasteiger charge is -2.25. The third kappa shape index (κ3) is 3.35. The zero-order valence-corrected chi connectivity index (χ0v) is 10.8. The van der Waals surface area contributed by atoms with Gasteiger partial charge in [-0.2, -0.15) is 0 Å². The number of nitrogens with zero attached hydrogens (tertiary/aromatic N) is 1. The van der Waals surface area contributed by atoms with Crippen molar-refractivity contribution in [3.8, 4) is 11.8 Å². The summed E-state index contributed by atoms with van der Waals surface area (Å²) < 4.78 is 0. The van der Waals surface area contributed by atoms with Crippen molar-refractivity contribution in [3.05, 3.63) is 35.9 Å². The maximum absolute atomic E-state index is 3.45. The Kier molecular flexibility index (Phi) is 4.23. The van der Waals surface area contributed by atoms with Crippen LogP contribution in [0.25, 0.3) is 0 Å². The minimum absolute atomic E-state index is 0.415. The average Bonchev–Trinajstić information content (AvgIpc) is 2.84. The Balaban J connectivity index is 2.10. The molecule has 1 nitrogen and oxygen atoms in total. The topological polar surface area (TPSA) is 3.24 Å². The third-order valence-electron chi connectivity index (χ3n) is 3.30. The van der Waals surface area contributed by atoms with Crippen molar-refractivity contribution in [1.82, 2.24) is 4.90 Å². The maximum atomic E-state index is 3.45. The van der Waals surface area contributed by atoms with Gasteiger partial charge < -0.3 is 0 Å². The summed E-state index contributed by atoms with van der Waals surface area (Å²) in [5.74, 6) is 7.37. The van der Waals surface area contributed by atoms with Crippen LogP contribution in [0.2, 0.25) is 0 Å². The van der Waals surface area contributed by atoms with Gasteiger partial charge in [-0.25, -0.2) is 0 Å². The normalized spacial score (nSPS) is 17.8. The molecule has 1 aliphatic heterocycles. The summed E-state index contributed by atoms with van der Waals surface area (Å²) in [6.45, 7) is 6.96. The molecule has 1 aliphatic rings. The van der Waals surface area contributed by atoms with E-state index >= 15 is 0 Å². The highest BCUT2D eigenvalue weighted by molar-refractivity contribution is 5.35. The second-order valence-corrected chi connectivity index (χ2v) is 5.07. The summed E-state index contributed by atoms with van der Waals surface area (Å²) in [6.07, 6.45) is 2.66. The highest BCUT2D eigenvalue weighted by atomic mass is 15.2. The fourth-order valence-corrected chi connectivity index (χ4v) is 2.38. The Hall–Kier alpha value is -1.26. The van der Waals surface area contributed by atoms with Crippen LogP contribution >= 0.6 is 0 Å². The summed E-state index contributed by atoms with van der Waals surface area (Å²) in [7, 11) is 0. The Morgan fingerprint density at radius 3 is 2.29 bits per heavy atom. The molecule has 0 radical (unpaired) electrons. The van der Waals surface area contributed by atoms with E-state index in [-0.39, 0.29) is 0 Å². The van der Waals surface area contributed by atoms with Crippen molar-refractivity contribution in [2.24, 2.45) is 5.92 Å². The summed E-state index contributed by atoms with van der Waals surface area (Å²) in [4.78, 5) is 2.53. The van der Waals surface area contributed by atoms with Crippen molar-refractivity contribution < 1.29 is 0 Å². The van der Waals surface area contributed by atoms with E-state index in [9.17, 15) is 0 Å². The van der Waals surface area contributed by atoms with E-state index in [0.717, 1.165) is 5.56 Å². The molecule has 1 unspecified atom stereocenters. The molecule has 0 saturated carbocycles. The van der Waals surface area contributed by atoms with Crippen LogP contribution in [0.5, 0.6) is 0 Å². The second-order valence-electron chi connectivity index (χ2n) is 5.07. The van der Waals surface area contributed by atoms with Gasteiger partial charge in [0.25, 0.3) is 0 Å². The number of benzene rings is 1. The number of likely N-dealkylation sites (tertiary alicyclic amines) is 1. The standard InChI is InChI=1S/C16H21N/c1-14(2)16(17-12-6-7-13-17)11-10-15-8-4-3-5-9-15/h3-5,8-9,14,16H,6-7,12-13H2,1-2H3. The zero-order chi connectivity index (χ0) is 12.1. The highest BCUT2D eigenvalue weighted by Gasteiger charge is 2.22. The lowest BCUT2D eigenvalue weighted by molar-refractivity contribution is 0.241. The monoisotopic (exact) mass is 227 g/mol. The largest absolute Gasteiger partial charge is 0.290 e. The highest BCUT2D eigenvalue weighted by Crippen LogP contribution is 2.17. The van der Waals surface area contributed by atoms with Gasteiger partial charge in [0.1, 0.15) is 0 Å². The van der Waals surface area contributed by atoms with Crippen molar-refractivity contribution in [3.63, 3.8) is 0 Å². The maximum Gasteiger partial charge on any atom is 0.0741 e. The van der Waals surface area contributed by atoms with Gasteiger partial charge in [0, 0.05) is 5.56 Å². The molecule has 90 valence electrons. The fraction of sp³-hybridized carbons (Fsp3) is 0.500. The van der Waals surface area contributed by atoms with Crippen molar-refractivity contribution >= 4 is 0 Å². The molecule has 0 N–H and O–H groups in total. The molecule has 2 rings (SSSR count). The van der Waals surface area contributed by atoms with Crippen molar-refractivity contribution in [2.75, 3.05) is 13.1 Å². The molecule has 1 fully saturated rings. The van der Waals surface area contributed by atoms with Gasteiger partial charge in [-0.05, 0) is 44.0 Å². The first-order valence-corrected chi connectivity index (χ1v) is 6.58. The van der Waals surface area contributed by atoms with Gasteiger partial charge >= 0.3 is 0 Å². The number of hydrogen-bond acceptors (Lipinski definition) is 1. The molecule has 1 heterocycles. The molecule has 1 heteroatoms. The SMILES string of the molecule is CC(C)C(C#Cc1ccccc1)N1CCCC1. The predicted molar refractivity (Wildman–Crippen MR) is 72.8 cm³/mol. The third-order valence-corrected chi connectivity index (χ3v) is 3.30. The van der Waals surface area contributed by atoms with Crippen LogP contribution in [0, 0.1) is 17.8 Å². The van der Waals surface area contributed by atoms with Crippen LogP contribution in [0.3, 0.4) is 0 Å². The van der Waals surface area contributed by atoms with E-state index in [4.69, 9.17) is 0 Å². The summed E-state index contributed by atoms with van der Waals surface area (Å²) in [5, 5.41) is 0. The minimum atomic E-state index is 0.415. The molecule has 1 saturated heterocycles. The van der Waals surface area contributed by atoms with E-state index < -0.39 is 0 Å². The molecule has 0 aliphatic carbocycles. The smallest absolute Gasteiger partial charge is 0.0741 e. The van der Waals surface area contributed by atoms with Crippen molar-refractivity contribution in [2.45, 2.75) is 32.7 Å². The van der Waals surface area contributed by atoms with Gasteiger partial charge in [0.15, 0.2) is 0 Å². The van der Waals surface area contributed by atoms with Crippen LogP contribution in [0.4, 0.5) is 0 Å². The Morgan fingerprint density at radius 2 is 1.71 bits per heavy atom. The Morgan fingerprint density at radius 1 is 1.06 bits per heavy atom. The van der Waals surface area contributed by atoms with Crippen LogP contribution in [-0.4, -0.2) is 24.0 Å². The van der Waals surface area contributed by atoms with Crippen LogP contribution in [0.1, 0.15) is 32.3 Å². The first-order chi connectivity index (χ1) is 8.27. The lowest BCUT2D eigenvalue weighted by Crippen LogP contribution is -2.35. The Labute approximate surface area is 105 Å². The molecule has 1 aromatic rings. The van der Waals surface area contributed by atoms with E-state index in [2.05, 4.69) is 42.7 Å². The van der Waals surface area contributed by atoms with Gasteiger partial charge in [-0.15, -0.1) is 0 Å². The molecular formula is C16H21N. The Bertz CT molecular complexity index is 391. The van der Waals surface area contributed by atoms with Gasteiger partial charge in [0.05, 0.1) is 6.04 Å². The average molecular weight is 227 g/mol. The van der Waals surface area contributed by atoms with Crippen LogP contribution in [-0.2, 0) is 0 Å². The summed E-state index contributed by atoms with van der Waals surface area (Å²) in [6, 6.07) is 10.7. The van der Waals surface area contributed by atoms with E-state index in [0.29, 0.717) is 12.0 Å². The molecule has 17 heavy (non-hydrogen) atoms. The molecule has 0 aromatic heterocycles. The van der Waals surface area contributed by atoms with E-state index in [1.165, 1.54) is 25.9 Å². The predicted octanol–water partition coefficient (Wildman–Crippen LogP) is 3.16. The zero-order valence-electron chi connectivity index (χ0n) is 10.8. The number of hydrogen-bond donors (Lipinski definition) is 0. The first-order valence-electron chi connectivity index (χ1n) is 6.58. The summed E-state index contributed by atoms with van der Waals surface area (Å²) in [5.41, 5.74) is 1.12. The van der Waals surface area contributed by atoms with Gasteiger partial charge in [-0.1, -0.05) is 43.9 Å². The molecule has 0 bridgehead atoms. The quantitative estimate of drug-likeness (QED) is 0.702. The first kappa shape index (κ1) is 12.2. The lowest BCUT2D eigenvalue weighted by atomic mass is 10.0. The number of rotatable bonds is 2. The molecule has 0 amide bonds. The minimum Gasteiger partial charge on any atom is -0.290 e. The van der Waals surface area contributed by atoms with Crippen LogP contribution < -0.4 is 0 Å². The fourth-order valence-electron chi connectivity index (χ4n) is 2.38. The molecular weight excluding hydrogens is 206 g/mol. The molecule has 1 atom stereocenters. The van der Waals surface area contributed by atoms with E-state index in [1.54, 1.807) is 0 Å². The van der Waals surface area contributed by atoms with Gasteiger partial charge in [0.2, 0.25) is 0 Å². The molecule has 1 aromatic carbocycles. The second kappa shape index (κ2) is 5.89. The van der Waals surface area contributed by atoms with Crippen molar-refractivity contribution in [1.29, 1.82) is 0 Å². The summed E-state index contributed by atoms with van der Waals surface area (Å²) >= 11 is 0. The van der Waals surface area contributed by atoms with Gasteiger partial charge in [-0.3, -0.25) is 4.90 Å². The van der Waals surface area contributed by atoms with E-state index in [1.807, 2.05) is 18.2 Å².